The van der Waals surface area contributed by atoms with Crippen molar-refractivity contribution in [3.05, 3.63) is 35.6 Å². The molecule has 0 aromatic heterocycles. The minimum atomic E-state index is -0.201. The fourth-order valence-electron chi connectivity index (χ4n) is 0.843. The van der Waals surface area contributed by atoms with Crippen molar-refractivity contribution in [3.8, 4) is 0 Å². The second-order valence-electron chi connectivity index (χ2n) is 2.26. The van der Waals surface area contributed by atoms with Crippen LogP contribution in [-0.4, -0.2) is 6.54 Å². The molecule has 1 nitrogen and oxygen atoms in total. The Bertz CT molecular complexity index is 210. The van der Waals surface area contributed by atoms with Gasteiger partial charge in [0, 0.05) is 6.54 Å². The molecule has 0 aliphatic carbocycles. The van der Waals surface area contributed by atoms with E-state index in [1.807, 2.05) is 0 Å². The lowest BCUT2D eigenvalue weighted by molar-refractivity contribution is 0.627. The van der Waals surface area contributed by atoms with Crippen LogP contribution in [0, 0.1) is 5.82 Å². The van der Waals surface area contributed by atoms with Crippen LogP contribution in [0.25, 0.3) is 0 Å². The number of hydrogen-bond acceptors (Lipinski definition) is 1. The molecule has 0 bridgehead atoms. The lowest BCUT2D eigenvalue weighted by Gasteiger charge is -1.97. The maximum absolute atomic E-state index is 12.4. The van der Waals surface area contributed by atoms with Gasteiger partial charge >= 0.3 is 0 Å². The zero-order chi connectivity index (χ0) is 8.10. The van der Waals surface area contributed by atoms with E-state index in [1.54, 1.807) is 12.1 Å². The SMILES string of the molecule is Fc1ccc(CCNCl)cc1. The monoisotopic (exact) mass is 173 g/mol. The molecule has 3 heteroatoms. The maximum Gasteiger partial charge on any atom is 0.123 e. The van der Waals surface area contributed by atoms with Crippen LogP contribution in [-0.2, 0) is 6.42 Å². The summed E-state index contributed by atoms with van der Waals surface area (Å²) in [5, 5.41) is 0. The molecular weight excluding hydrogens is 165 g/mol. The van der Waals surface area contributed by atoms with Crippen LogP contribution in [0.4, 0.5) is 4.39 Å². The third-order valence-corrected chi connectivity index (χ3v) is 1.61. The van der Waals surface area contributed by atoms with Crippen LogP contribution in [0.5, 0.6) is 0 Å². The van der Waals surface area contributed by atoms with Gasteiger partial charge in [0.15, 0.2) is 0 Å². The maximum atomic E-state index is 12.4. The highest BCUT2D eigenvalue weighted by atomic mass is 35.5. The van der Waals surface area contributed by atoms with Gasteiger partial charge in [0.2, 0.25) is 0 Å². The van der Waals surface area contributed by atoms with Gasteiger partial charge in [-0.15, -0.1) is 0 Å². The number of hydrogen-bond donors (Lipinski definition) is 1. The molecule has 0 fully saturated rings. The van der Waals surface area contributed by atoms with Crippen molar-refractivity contribution in [2.75, 3.05) is 6.54 Å². The third kappa shape index (κ3) is 2.87. The number of benzene rings is 1. The lowest BCUT2D eigenvalue weighted by Crippen LogP contribution is -2.04. The summed E-state index contributed by atoms with van der Waals surface area (Å²) >= 11 is 5.26. The van der Waals surface area contributed by atoms with Crippen molar-refractivity contribution >= 4 is 11.8 Å². The van der Waals surface area contributed by atoms with Gasteiger partial charge in [-0.05, 0) is 35.9 Å². The second-order valence-corrected chi connectivity index (χ2v) is 2.53. The summed E-state index contributed by atoms with van der Waals surface area (Å²) in [5.74, 6) is -0.201. The first-order valence-electron chi connectivity index (χ1n) is 3.41. The van der Waals surface area contributed by atoms with Crippen molar-refractivity contribution in [2.45, 2.75) is 6.42 Å². The zero-order valence-electron chi connectivity index (χ0n) is 5.98. The fourth-order valence-corrected chi connectivity index (χ4v) is 0.937. The summed E-state index contributed by atoms with van der Waals surface area (Å²) < 4.78 is 12.4. The Balaban J connectivity index is 2.52. The lowest BCUT2D eigenvalue weighted by atomic mass is 10.1. The van der Waals surface area contributed by atoms with E-state index >= 15 is 0 Å². The van der Waals surface area contributed by atoms with Crippen LogP contribution < -0.4 is 4.84 Å². The summed E-state index contributed by atoms with van der Waals surface area (Å²) in [6.07, 6.45) is 0.823. The average Bonchev–Trinajstić information content (AvgIpc) is 2.04. The molecule has 0 aliphatic heterocycles. The quantitative estimate of drug-likeness (QED) is 0.691. The Morgan fingerprint density at radius 2 is 1.91 bits per heavy atom. The molecule has 0 amide bonds. The largest absolute Gasteiger partial charge is 0.233 e. The molecule has 1 N–H and O–H groups in total. The van der Waals surface area contributed by atoms with Crippen molar-refractivity contribution in [3.63, 3.8) is 0 Å². The summed E-state index contributed by atoms with van der Waals surface area (Å²) in [6.45, 7) is 0.702. The van der Waals surface area contributed by atoms with Crippen molar-refractivity contribution in [1.29, 1.82) is 0 Å². The highest BCUT2D eigenvalue weighted by Crippen LogP contribution is 2.02. The van der Waals surface area contributed by atoms with Gasteiger partial charge in [-0.2, -0.15) is 0 Å². The summed E-state index contributed by atoms with van der Waals surface area (Å²) in [5.41, 5.74) is 1.08. The molecule has 1 rings (SSSR count). The van der Waals surface area contributed by atoms with E-state index in [2.05, 4.69) is 4.84 Å². The Morgan fingerprint density at radius 1 is 1.27 bits per heavy atom. The highest BCUT2D eigenvalue weighted by molar-refractivity contribution is 6.13. The first-order chi connectivity index (χ1) is 5.33. The molecule has 1 aromatic rings. The molecule has 60 valence electrons. The van der Waals surface area contributed by atoms with Crippen LogP contribution in [0.2, 0.25) is 0 Å². The van der Waals surface area contributed by atoms with Gasteiger partial charge in [-0.3, -0.25) is 0 Å². The standard InChI is InChI=1S/C8H9ClFN/c9-11-6-5-7-1-3-8(10)4-2-7/h1-4,11H,5-6H2. The normalized spacial score (nSPS) is 10.0. The van der Waals surface area contributed by atoms with E-state index in [-0.39, 0.29) is 5.82 Å². The predicted molar refractivity (Wildman–Crippen MR) is 44.0 cm³/mol. The molecular formula is C8H9ClFN. The molecule has 0 saturated heterocycles. The first kappa shape index (κ1) is 8.50. The smallest absolute Gasteiger partial charge is 0.123 e. The van der Waals surface area contributed by atoms with Crippen molar-refractivity contribution in [2.24, 2.45) is 0 Å². The van der Waals surface area contributed by atoms with E-state index in [4.69, 9.17) is 11.8 Å². The van der Waals surface area contributed by atoms with Crippen LogP contribution in [0.1, 0.15) is 5.56 Å². The van der Waals surface area contributed by atoms with Crippen LogP contribution >= 0.6 is 11.8 Å². The molecule has 11 heavy (non-hydrogen) atoms. The van der Waals surface area contributed by atoms with Gasteiger partial charge < -0.3 is 0 Å². The van der Waals surface area contributed by atoms with E-state index in [0.29, 0.717) is 6.54 Å². The van der Waals surface area contributed by atoms with E-state index < -0.39 is 0 Å². The topological polar surface area (TPSA) is 12.0 Å². The van der Waals surface area contributed by atoms with Gasteiger partial charge in [0.05, 0.1) is 0 Å². The predicted octanol–water partition coefficient (Wildman–Crippen LogP) is 2.11. The molecule has 0 atom stereocenters. The van der Waals surface area contributed by atoms with E-state index in [0.717, 1.165) is 12.0 Å². The molecule has 0 aliphatic rings. The third-order valence-electron chi connectivity index (χ3n) is 1.42. The molecule has 0 heterocycles. The Labute approximate surface area is 70.3 Å². The van der Waals surface area contributed by atoms with Gasteiger partial charge in [0.25, 0.3) is 0 Å². The van der Waals surface area contributed by atoms with Crippen molar-refractivity contribution < 1.29 is 4.39 Å². The average molecular weight is 174 g/mol. The zero-order valence-corrected chi connectivity index (χ0v) is 6.74. The molecule has 0 spiro atoms. The molecule has 1 aromatic carbocycles. The molecule has 0 saturated carbocycles. The summed E-state index contributed by atoms with van der Waals surface area (Å²) in [4.78, 5) is 2.51. The Kier molecular flexibility index (Phi) is 3.33. The van der Waals surface area contributed by atoms with Gasteiger partial charge in [-0.1, -0.05) is 12.1 Å². The molecule has 0 radical (unpaired) electrons. The minimum Gasteiger partial charge on any atom is -0.233 e. The van der Waals surface area contributed by atoms with E-state index in [1.165, 1.54) is 12.1 Å². The van der Waals surface area contributed by atoms with Gasteiger partial charge in [0.1, 0.15) is 5.82 Å². The Hall–Kier alpha value is -0.600. The highest BCUT2D eigenvalue weighted by Gasteiger charge is 1.91. The summed E-state index contributed by atoms with van der Waals surface area (Å²) in [6, 6.07) is 6.40. The number of nitrogens with one attached hydrogen (secondary N) is 1. The van der Waals surface area contributed by atoms with Crippen LogP contribution in [0.3, 0.4) is 0 Å². The second kappa shape index (κ2) is 4.31. The fraction of sp³-hybridized carbons (Fsp3) is 0.250. The molecule has 0 unspecified atom stereocenters. The van der Waals surface area contributed by atoms with Crippen molar-refractivity contribution in [1.82, 2.24) is 4.84 Å². The minimum absolute atomic E-state index is 0.201. The Morgan fingerprint density at radius 3 is 2.45 bits per heavy atom. The number of halogens is 2. The van der Waals surface area contributed by atoms with Crippen LogP contribution in [0.15, 0.2) is 24.3 Å². The van der Waals surface area contributed by atoms with E-state index in [9.17, 15) is 4.39 Å². The van der Waals surface area contributed by atoms with Gasteiger partial charge in [-0.25, -0.2) is 9.23 Å². The first-order valence-corrected chi connectivity index (χ1v) is 3.78. The summed E-state index contributed by atoms with van der Waals surface area (Å²) in [7, 11) is 0. The number of rotatable bonds is 3.